The highest BCUT2D eigenvalue weighted by molar-refractivity contribution is 6.30. The minimum atomic E-state index is -0.310. The van der Waals surface area contributed by atoms with Gasteiger partial charge in [0.15, 0.2) is 0 Å². The fourth-order valence-electron chi connectivity index (χ4n) is 2.36. The molecule has 0 bridgehead atoms. The fraction of sp³-hybridized carbons (Fsp3) is 0.250. The van der Waals surface area contributed by atoms with Gasteiger partial charge >= 0.3 is 0 Å². The van der Waals surface area contributed by atoms with E-state index in [2.05, 4.69) is 5.32 Å². The van der Waals surface area contributed by atoms with Crippen molar-refractivity contribution in [2.45, 2.75) is 26.3 Å². The molecule has 0 aliphatic heterocycles. The van der Waals surface area contributed by atoms with Gasteiger partial charge in [-0.1, -0.05) is 41.9 Å². The maximum absolute atomic E-state index is 12.7. The van der Waals surface area contributed by atoms with Crippen molar-refractivity contribution in [1.82, 2.24) is 5.32 Å². The highest BCUT2D eigenvalue weighted by Crippen LogP contribution is 2.28. The van der Waals surface area contributed by atoms with Crippen LogP contribution in [0.4, 0.5) is 0 Å². The van der Waals surface area contributed by atoms with E-state index >= 15 is 0 Å². The van der Waals surface area contributed by atoms with Crippen LogP contribution in [0.3, 0.4) is 0 Å². The molecule has 4 heteroatoms. The third-order valence-electron chi connectivity index (χ3n) is 3.34. The molecular formula is C20H22ClNO2. The number of nitrogens with one attached hydrogen (secondary N) is 1. The second-order valence-corrected chi connectivity index (χ2v) is 6.96. The van der Waals surface area contributed by atoms with Crippen LogP contribution in [0.5, 0.6) is 0 Å². The predicted octanol–water partition coefficient (Wildman–Crippen LogP) is 4.90. The summed E-state index contributed by atoms with van der Waals surface area (Å²) >= 11 is 5.98. The maximum atomic E-state index is 12.7. The molecule has 1 amide bonds. The number of amides is 1. The summed E-state index contributed by atoms with van der Waals surface area (Å²) in [6.07, 6.45) is 1.65. The van der Waals surface area contributed by atoms with Gasteiger partial charge in [0.2, 0.25) is 0 Å². The molecule has 0 atom stereocenters. The predicted molar refractivity (Wildman–Crippen MR) is 99.2 cm³/mol. The summed E-state index contributed by atoms with van der Waals surface area (Å²) in [5.74, 6) is -0.117. The first-order valence-corrected chi connectivity index (χ1v) is 8.10. The molecule has 126 valence electrons. The second-order valence-electron chi connectivity index (χ2n) is 6.52. The molecule has 0 radical (unpaired) electrons. The van der Waals surface area contributed by atoms with E-state index in [9.17, 15) is 4.79 Å². The Labute approximate surface area is 148 Å². The highest BCUT2D eigenvalue weighted by atomic mass is 35.5. The zero-order valence-electron chi connectivity index (χ0n) is 14.4. The van der Waals surface area contributed by atoms with Crippen molar-refractivity contribution in [2.24, 2.45) is 0 Å². The number of halogens is 1. The second kappa shape index (κ2) is 7.54. The van der Waals surface area contributed by atoms with Crippen molar-refractivity contribution in [2.75, 3.05) is 7.11 Å². The molecule has 2 rings (SSSR count). The van der Waals surface area contributed by atoms with Gasteiger partial charge in [-0.15, -0.1) is 0 Å². The fourth-order valence-corrected chi connectivity index (χ4v) is 2.48. The first kappa shape index (κ1) is 18.1. The molecule has 0 unspecified atom stereocenters. The zero-order chi connectivity index (χ0) is 17.7. The number of carbonyl (C=O) groups is 1. The van der Waals surface area contributed by atoms with E-state index in [0.717, 1.165) is 16.7 Å². The molecule has 2 aromatic rings. The summed E-state index contributed by atoms with van der Waals surface area (Å²) < 4.78 is 5.25. The molecule has 0 spiro atoms. The van der Waals surface area contributed by atoms with Crippen molar-refractivity contribution < 1.29 is 9.53 Å². The molecule has 1 N–H and O–H groups in total. The number of hydrogen-bond acceptors (Lipinski definition) is 2. The Morgan fingerprint density at radius 3 is 2.17 bits per heavy atom. The van der Waals surface area contributed by atoms with Gasteiger partial charge in [0.25, 0.3) is 5.91 Å². The van der Waals surface area contributed by atoms with Gasteiger partial charge in [-0.2, -0.15) is 0 Å². The lowest BCUT2D eigenvalue weighted by atomic mass is 9.94. The molecular weight excluding hydrogens is 322 g/mol. The number of methoxy groups -OCH3 is 1. The summed E-state index contributed by atoms with van der Waals surface area (Å²) in [4.78, 5) is 12.7. The van der Waals surface area contributed by atoms with E-state index in [1.165, 1.54) is 0 Å². The molecule has 0 heterocycles. The van der Waals surface area contributed by atoms with Gasteiger partial charge in [0.05, 0.1) is 13.4 Å². The van der Waals surface area contributed by atoms with E-state index < -0.39 is 0 Å². The first-order valence-electron chi connectivity index (χ1n) is 7.72. The van der Waals surface area contributed by atoms with Crippen LogP contribution in [0, 0.1) is 0 Å². The monoisotopic (exact) mass is 343 g/mol. The molecule has 0 aliphatic rings. The van der Waals surface area contributed by atoms with E-state index in [0.29, 0.717) is 10.6 Å². The van der Waals surface area contributed by atoms with Crippen LogP contribution in [0.2, 0.25) is 5.02 Å². The molecule has 2 aromatic carbocycles. The van der Waals surface area contributed by atoms with Crippen molar-refractivity contribution in [3.63, 3.8) is 0 Å². The molecule has 3 nitrogen and oxygen atoms in total. The van der Waals surface area contributed by atoms with Crippen LogP contribution < -0.4 is 5.32 Å². The molecule has 0 saturated heterocycles. The van der Waals surface area contributed by atoms with Crippen LogP contribution in [0.1, 0.15) is 42.3 Å². The average molecular weight is 344 g/mol. The minimum Gasteiger partial charge on any atom is -0.504 e. The Morgan fingerprint density at radius 1 is 1.04 bits per heavy atom. The normalized spacial score (nSPS) is 12.0. The lowest BCUT2D eigenvalue weighted by Crippen LogP contribution is -2.40. The van der Waals surface area contributed by atoms with E-state index in [1.54, 1.807) is 13.4 Å². The van der Waals surface area contributed by atoms with Crippen LogP contribution in [0.15, 0.2) is 54.8 Å². The summed E-state index contributed by atoms with van der Waals surface area (Å²) in [5, 5.41) is 3.67. The number of benzene rings is 2. The zero-order valence-corrected chi connectivity index (χ0v) is 15.1. The van der Waals surface area contributed by atoms with Gasteiger partial charge in [-0.25, -0.2) is 0 Å². The summed E-state index contributed by atoms with van der Waals surface area (Å²) in [6.45, 7) is 5.87. The van der Waals surface area contributed by atoms with E-state index in [-0.39, 0.29) is 11.4 Å². The van der Waals surface area contributed by atoms with Gasteiger partial charge in [0, 0.05) is 21.7 Å². The molecule has 0 fully saturated rings. The van der Waals surface area contributed by atoms with Gasteiger partial charge < -0.3 is 10.1 Å². The SMILES string of the molecule is CO/C=C(\c1ccc(Cl)cc1)c1ccccc1C(=O)NC(C)(C)C. The minimum absolute atomic E-state index is 0.117. The van der Waals surface area contributed by atoms with Gasteiger partial charge in [-0.05, 0) is 50.1 Å². The summed E-state index contributed by atoms with van der Waals surface area (Å²) in [5.41, 5.74) is 2.86. The van der Waals surface area contributed by atoms with Crippen molar-refractivity contribution >= 4 is 23.1 Å². The third kappa shape index (κ3) is 4.62. The Hall–Kier alpha value is -2.26. The number of rotatable bonds is 4. The largest absolute Gasteiger partial charge is 0.504 e. The Bertz CT molecular complexity index is 743. The number of hydrogen-bond donors (Lipinski definition) is 1. The van der Waals surface area contributed by atoms with Crippen LogP contribution in [0.25, 0.3) is 5.57 Å². The van der Waals surface area contributed by atoms with Crippen molar-refractivity contribution in [3.8, 4) is 0 Å². The van der Waals surface area contributed by atoms with Crippen LogP contribution >= 0.6 is 11.6 Å². The van der Waals surface area contributed by atoms with Crippen LogP contribution in [-0.2, 0) is 4.74 Å². The van der Waals surface area contributed by atoms with Gasteiger partial charge in [-0.3, -0.25) is 4.79 Å². The Balaban J connectivity index is 2.50. The smallest absolute Gasteiger partial charge is 0.252 e. The standard InChI is InChI=1S/C20H22ClNO2/c1-20(2,3)22-19(23)17-8-6-5-7-16(17)18(13-24-4)14-9-11-15(21)12-10-14/h5-13H,1-4H3,(H,22,23)/b18-13+. The summed E-state index contributed by atoms with van der Waals surface area (Å²) in [7, 11) is 1.59. The topological polar surface area (TPSA) is 38.3 Å². The highest BCUT2D eigenvalue weighted by Gasteiger charge is 2.20. The number of ether oxygens (including phenoxy) is 1. The van der Waals surface area contributed by atoms with Crippen molar-refractivity contribution in [1.29, 1.82) is 0 Å². The van der Waals surface area contributed by atoms with E-state index in [1.807, 2.05) is 69.3 Å². The van der Waals surface area contributed by atoms with Crippen molar-refractivity contribution in [3.05, 3.63) is 76.5 Å². The van der Waals surface area contributed by atoms with Crippen LogP contribution in [-0.4, -0.2) is 18.6 Å². The summed E-state index contributed by atoms with van der Waals surface area (Å²) in [6, 6.07) is 14.9. The average Bonchev–Trinajstić information content (AvgIpc) is 2.52. The lowest BCUT2D eigenvalue weighted by molar-refractivity contribution is 0.0919. The Morgan fingerprint density at radius 2 is 1.62 bits per heavy atom. The third-order valence-corrected chi connectivity index (χ3v) is 3.59. The first-order chi connectivity index (χ1) is 11.3. The lowest BCUT2D eigenvalue weighted by Gasteiger charge is -2.22. The quantitative estimate of drug-likeness (QED) is 0.801. The molecule has 24 heavy (non-hydrogen) atoms. The Kier molecular flexibility index (Phi) is 5.68. The molecule has 0 aromatic heterocycles. The molecule has 0 aliphatic carbocycles. The number of carbonyl (C=O) groups excluding carboxylic acids is 1. The van der Waals surface area contributed by atoms with E-state index in [4.69, 9.17) is 16.3 Å². The molecule has 0 saturated carbocycles. The van der Waals surface area contributed by atoms with Gasteiger partial charge in [0.1, 0.15) is 0 Å². The maximum Gasteiger partial charge on any atom is 0.252 e.